The van der Waals surface area contributed by atoms with E-state index in [9.17, 15) is 0 Å². The Morgan fingerprint density at radius 3 is 2.86 bits per heavy atom. The number of hydrogen-bond acceptors (Lipinski definition) is 3. The van der Waals surface area contributed by atoms with Gasteiger partial charge >= 0.3 is 0 Å². The van der Waals surface area contributed by atoms with Crippen molar-refractivity contribution in [3.63, 3.8) is 0 Å². The van der Waals surface area contributed by atoms with Crippen molar-refractivity contribution in [2.24, 2.45) is 0 Å². The number of ether oxygens (including phenoxy) is 1. The lowest BCUT2D eigenvalue weighted by atomic mass is 10.2. The molecule has 0 aliphatic rings. The summed E-state index contributed by atoms with van der Waals surface area (Å²) in [5, 5.41) is 4.41. The van der Waals surface area contributed by atoms with E-state index in [0.29, 0.717) is 6.61 Å². The topological polar surface area (TPSA) is 39.4 Å². The minimum Gasteiger partial charge on any atom is -0.378 e. The fourth-order valence-electron chi connectivity index (χ4n) is 1.65. The van der Waals surface area contributed by atoms with Crippen molar-refractivity contribution in [3.05, 3.63) is 29.3 Å². The highest BCUT2D eigenvalue weighted by atomic mass is 16.5. The standard InChI is InChI=1S/C10H13N3O/c1-7-9(6-14-3)12-13-5-4-11-8(2)10(7)13/h4-5H,6H2,1-3H3. The maximum atomic E-state index is 5.08. The van der Waals surface area contributed by atoms with Gasteiger partial charge in [-0.3, -0.25) is 4.98 Å². The molecule has 2 aromatic heterocycles. The Labute approximate surface area is 82.5 Å². The van der Waals surface area contributed by atoms with Gasteiger partial charge in [-0.15, -0.1) is 0 Å². The van der Waals surface area contributed by atoms with E-state index in [0.717, 1.165) is 22.5 Å². The van der Waals surface area contributed by atoms with Crippen LogP contribution in [0.5, 0.6) is 0 Å². The molecule has 0 fully saturated rings. The van der Waals surface area contributed by atoms with Gasteiger partial charge < -0.3 is 4.74 Å². The van der Waals surface area contributed by atoms with E-state index in [2.05, 4.69) is 10.1 Å². The summed E-state index contributed by atoms with van der Waals surface area (Å²) in [5.41, 5.74) is 4.21. The summed E-state index contributed by atoms with van der Waals surface area (Å²) < 4.78 is 6.94. The molecule has 2 heterocycles. The molecular weight excluding hydrogens is 178 g/mol. The first-order chi connectivity index (χ1) is 6.74. The molecule has 0 saturated carbocycles. The van der Waals surface area contributed by atoms with Crippen LogP contribution in [0.1, 0.15) is 17.0 Å². The average Bonchev–Trinajstić information content (AvgIpc) is 2.46. The first kappa shape index (κ1) is 9.15. The Balaban J connectivity index is 2.68. The normalized spacial score (nSPS) is 11.1. The number of methoxy groups -OCH3 is 1. The summed E-state index contributed by atoms with van der Waals surface area (Å²) in [7, 11) is 1.68. The van der Waals surface area contributed by atoms with Crippen molar-refractivity contribution in [2.45, 2.75) is 20.5 Å². The zero-order valence-corrected chi connectivity index (χ0v) is 8.61. The minimum absolute atomic E-state index is 0.549. The van der Waals surface area contributed by atoms with Gasteiger partial charge in [0.25, 0.3) is 0 Å². The summed E-state index contributed by atoms with van der Waals surface area (Å²) in [6.45, 7) is 4.58. The highest BCUT2D eigenvalue weighted by Gasteiger charge is 2.10. The van der Waals surface area contributed by atoms with Crippen molar-refractivity contribution < 1.29 is 4.74 Å². The van der Waals surface area contributed by atoms with Gasteiger partial charge in [0.05, 0.1) is 23.5 Å². The second-order valence-electron chi connectivity index (χ2n) is 3.31. The minimum atomic E-state index is 0.549. The van der Waals surface area contributed by atoms with Crippen molar-refractivity contribution >= 4 is 5.52 Å². The molecule has 2 rings (SSSR count). The van der Waals surface area contributed by atoms with Crippen LogP contribution >= 0.6 is 0 Å². The van der Waals surface area contributed by atoms with Crippen molar-refractivity contribution in [1.29, 1.82) is 0 Å². The highest BCUT2D eigenvalue weighted by molar-refractivity contribution is 5.58. The number of aromatic nitrogens is 3. The molecule has 0 saturated heterocycles. The largest absolute Gasteiger partial charge is 0.378 e. The lowest BCUT2D eigenvalue weighted by molar-refractivity contribution is 0.180. The number of hydrogen-bond donors (Lipinski definition) is 0. The summed E-state index contributed by atoms with van der Waals surface area (Å²) in [5.74, 6) is 0. The van der Waals surface area contributed by atoms with E-state index in [-0.39, 0.29) is 0 Å². The van der Waals surface area contributed by atoms with Crippen LogP contribution in [0.3, 0.4) is 0 Å². The monoisotopic (exact) mass is 191 g/mol. The van der Waals surface area contributed by atoms with Gasteiger partial charge in [0.2, 0.25) is 0 Å². The fourth-order valence-corrected chi connectivity index (χ4v) is 1.65. The Morgan fingerprint density at radius 1 is 1.43 bits per heavy atom. The van der Waals surface area contributed by atoms with Crippen LogP contribution in [0.2, 0.25) is 0 Å². The third kappa shape index (κ3) is 1.28. The van der Waals surface area contributed by atoms with Gasteiger partial charge in [-0.2, -0.15) is 5.10 Å². The van der Waals surface area contributed by atoms with Gasteiger partial charge in [-0.05, 0) is 13.8 Å². The number of nitrogens with zero attached hydrogens (tertiary/aromatic N) is 3. The second kappa shape index (κ2) is 3.38. The summed E-state index contributed by atoms with van der Waals surface area (Å²) in [6, 6.07) is 0. The summed E-state index contributed by atoms with van der Waals surface area (Å²) in [6.07, 6.45) is 3.61. The molecule has 74 valence electrons. The number of aryl methyl sites for hydroxylation is 2. The van der Waals surface area contributed by atoms with E-state index in [1.165, 1.54) is 0 Å². The van der Waals surface area contributed by atoms with E-state index in [1.807, 2.05) is 24.6 Å². The summed E-state index contributed by atoms with van der Waals surface area (Å²) in [4.78, 5) is 4.24. The highest BCUT2D eigenvalue weighted by Crippen LogP contribution is 2.16. The number of fused-ring (bicyclic) bond motifs is 1. The molecular formula is C10H13N3O. The van der Waals surface area contributed by atoms with Crippen LogP contribution in [0.15, 0.2) is 12.4 Å². The molecule has 0 unspecified atom stereocenters. The molecule has 0 aliphatic heterocycles. The van der Waals surface area contributed by atoms with E-state index < -0.39 is 0 Å². The Kier molecular flexibility index (Phi) is 2.21. The molecule has 14 heavy (non-hydrogen) atoms. The first-order valence-corrected chi connectivity index (χ1v) is 4.52. The molecule has 4 heteroatoms. The third-order valence-electron chi connectivity index (χ3n) is 2.35. The second-order valence-corrected chi connectivity index (χ2v) is 3.31. The van der Waals surface area contributed by atoms with Crippen LogP contribution in [0.4, 0.5) is 0 Å². The van der Waals surface area contributed by atoms with Gasteiger partial charge in [0.15, 0.2) is 0 Å². The van der Waals surface area contributed by atoms with Gasteiger partial charge in [0.1, 0.15) is 0 Å². The molecule has 4 nitrogen and oxygen atoms in total. The van der Waals surface area contributed by atoms with Crippen LogP contribution in [-0.4, -0.2) is 21.7 Å². The molecule has 0 aliphatic carbocycles. The quantitative estimate of drug-likeness (QED) is 0.722. The van der Waals surface area contributed by atoms with Gasteiger partial charge in [-0.1, -0.05) is 0 Å². The van der Waals surface area contributed by atoms with E-state index in [4.69, 9.17) is 4.74 Å². The maximum absolute atomic E-state index is 5.08. The first-order valence-electron chi connectivity index (χ1n) is 4.52. The van der Waals surface area contributed by atoms with Gasteiger partial charge in [-0.25, -0.2) is 4.52 Å². The van der Waals surface area contributed by atoms with Gasteiger partial charge in [0, 0.05) is 25.1 Å². The molecule has 0 bridgehead atoms. The van der Waals surface area contributed by atoms with Crippen LogP contribution in [0, 0.1) is 13.8 Å². The molecule has 0 radical (unpaired) electrons. The lowest BCUT2D eigenvalue weighted by Crippen LogP contribution is -1.92. The SMILES string of the molecule is COCc1nn2ccnc(C)c2c1C. The summed E-state index contributed by atoms with van der Waals surface area (Å²) >= 11 is 0. The van der Waals surface area contributed by atoms with Crippen LogP contribution < -0.4 is 0 Å². The van der Waals surface area contributed by atoms with Crippen molar-refractivity contribution in [2.75, 3.05) is 7.11 Å². The maximum Gasteiger partial charge on any atom is 0.0921 e. The molecule has 0 aromatic carbocycles. The zero-order chi connectivity index (χ0) is 10.1. The molecule has 0 N–H and O–H groups in total. The molecule has 0 spiro atoms. The molecule has 0 amide bonds. The predicted octanol–water partition coefficient (Wildman–Crippen LogP) is 1.49. The molecule has 0 atom stereocenters. The van der Waals surface area contributed by atoms with Crippen molar-refractivity contribution in [3.8, 4) is 0 Å². The smallest absolute Gasteiger partial charge is 0.0921 e. The fraction of sp³-hybridized carbons (Fsp3) is 0.400. The average molecular weight is 191 g/mol. The van der Waals surface area contributed by atoms with E-state index >= 15 is 0 Å². The van der Waals surface area contributed by atoms with Crippen LogP contribution in [-0.2, 0) is 11.3 Å². The Morgan fingerprint density at radius 2 is 2.21 bits per heavy atom. The molecule has 2 aromatic rings. The van der Waals surface area contributed by atoms with Crippen molar-refractivity contribution in [1.82, 2.24) is 14.6 Å². The predicted molar refractivity (Wildman–Crippen MR) is 53.2 cm³/mol. The number of rotatable bonds is 2. The third-order valence-corrected chi connectivity index (χ3v) is 2.35. The van der Waals surface area contributed by atoms with Crippen LogP contribution in [0.25, 0.3) is 5.52 Å². The lowest BCUT2D eigenvalue weighted by Gasteiger charge is -1.96. The Bertz CT molecular complexity index is 462. The Hall–Kier alpha value is -1.42. The van der Waals surface area contributed by atoms with E-state index in [1.54, 1.807) is 13.3 Å². The zero-order valence-electron chi connectivity index (χ0n) is 8.61.